The third-order valence-corrected chi connectivity index (χ3v) is 2.74. The molecule has 2 aromatic rings. The van der Waals surface area contributed by atoms with E-state index < -0.39 is 0 Å². The highest BCUT2D eigenvalue weighted by Crippen LogP contribution is 2.11. The molecule has 0 aliphatic heterocycles. The van der Waals surface area contributed by atoms with Crippen LogP contribution in [0, 0.1) is 12.8 Å². The molecule has 104 valence electrons. The molecule has 0 spiro atoms. The van der Waals surface area contributed by atoms with E-state index in [0.717, 1.165) is 37.0 Å². The average molecular weight is 262 g/mol. The van der Waals surface area contributed by atoms with E-state index in [1.54, 1.807) is 11.0 Å². The lowest BCUT2D eigenvalue weighted by Gasteiger charge is -2.11. The Labute approximate surface area is 113 Å². The molecule has 0 aromatic carbocycles. The molecule has 0 aliphatic carbocycles. The second-order valence-corrected chi connectivity index (χ2v) is 5.26. The Hall–Kier alpha value is -1.85. The van der Waals surface area contributed by atoms with Gasteiger partial charge in [-0.2, -0.15) is 5.10 Å². The number of hydrogen-bond acceptors (Lipinski definition) is 4. The summed E-state index contributed by atoms with van der Waals surface area (Å²) in [5, 5.41) is 7.62. The molecule has 6 heteroatoms. The van der Waals surface area contributed by atoms with Crippen molar-refractivity contribution < 1.29 is 0 Å². The molecular weight excluding hydrogens is 240 g/mol. The number of nitrogens with zero attached hydrogens (tertiary/aromatic N) is 5. The number of aryl methyl sites for hydroxylation is 2. The average Bonchev–Trinajstić information content (AvgIpc) is 2.85. The Kier molecular flexibility index (Phi) is 4.19. The van der Waals surface area contributed by atoms with E-state index in [9.17, 15) is 0 Å². The zero-order chi connectivity index (χ0) is 13.8. The van der Waals surface area contributed by atoms with Crippen LogP contribution in [0.1, 0.15) is 25.4 Å². The molecule has 0 saturated heterocycles. The van der Waals surface area contributed by atoms with Crippen molar-refractivity contribution in [1.82, 2.24) is 24.3 Å². The van der Waals surface area contributed by atoms with Crippen LogP contribution >= 0.6 is 0 Å². The topological polar surface area (TPSA) is 60.6 Å². The molecule has 0 bridgehead atoms. The van der Waals surface area contributed by atoms with Gasteiger partial charge < -0.3 is 9.88 Å². The summed E-state index contributed by atoms with van der Waals surface area (Å²) in [6.45, 7) is 8.19. The minimum absolute atomic E-state index is 0.603. The molecule has 0 atom stereocenters. The fraction of sp³-hybridized carbons (Fsp3) is 0.615. The summed E-state index contributed by atoms with van der Waals surface area (Å²) in [5.41, 5.74) is 1.04. The molecular formula is C13H22N6. The Morgan fingerprint density at radius 3 is 2.79 bits per heavy atom. The van der Waals surface area contributed by atoms with E-state index in [2.05, 4.69) is 45.0 Å². The summed E-state index contributed by atoms with van der Waals surface area (Å²) < 4.78 is 3.89. The summed E-state index contributed by atoms with van der Waals surface area (Å²) in [5.74, 6) is 2.39. The van der Waals surface area contributed by atoms with E-state index in [1.165, 1.54) is 0 Å². The maximum atomic E-state index is 4.51. The van der Waals surface area contributed by atoms with Gasteiger partial charge in [0.05, 0.1) is 5.69 Å². The maximum absolute atomic E-state index is 4.51. The van der Waals surface area contributed by atoms with Crippen molar-refractivity contribution in [2.45, 2.75) is 33.7 Å². The quantitative estimate of drug-likeness (QED) is 0.859. The summed E-state index contributed by atoms with van der Waals surface area (Å²) in [6.07, 6.45) is 4.61. The Balaban J connectivity index is 1.91. The number of imidazole rings is 1. The molecule has 0 saturated carbocycles. The van der Waals surface area contributed by atoms with Crippen LogP contribution in [0.25, 0.3) is 0 Å². The van der Waals surface area contributed by atoms with Crippen LogP contribution in [-0.4, -0.2) is 30.9 Å². The zero-order valence-corrected chi connectivity index (χ0v) is 12.1. The molecule has 2 rings (SSSR count). The minimum atomic E-state index is 0.603. The normalized spacial score (nSPS) is 11.2. The first kappa shape index (κ1) is 13.6. The Morgan fingerprint density at radius 1 is 1.37 bits per heavy atom. The summed E-state index contributed by atoms with van der Waals surface area (Å²) in [4.78, 5) is 8.71. The van der Waals surface area contributed by atoms with Crippen LogP contribution in [0.15, 0.2) is 12.5 Å². The first-order valence-electron chi connectivity index (χ1n) is 6.66. The number of rotatable bonds is 6. The number of aromatic nitrogens is 5. The third-order valence-electron chi connectivity index (χ3n) is 2.74. The van der Waals surface area contributed by atoms with Gasteiger partial charge in [-0.1, -0.05) is 13.8 Å². The smallest absolute Gasteiger partial charge is 0.203 e. The van der Waals surface area contributed by atoms with E-state index in [4.69, 9.17) is 0 Å². The van der Waals surface area contributed by atoms with Crippen molar-refractivity contribution in [3.8, 4) is 0 Å². The van der Waals surface area contributed by atoms with E-state index in [1.807, 2.05) is 14.0 Å². The standard InChI is InChI=1S/C13H22N6/c1-10(2)7-19-8-11(3)16-13(19)14-6-5-12-15-9-18(4)17-12/h8-10H,5-7H2,1-4H3,(H,14,16). The van der Waals surface area contributed by atoms with Gasteiger partial charge in [0, 0.05) is 32.8 Å². The minimum Gasteiger partial charge on any atom is -0.355 e. The molecule has 1 N–H and O–H groups in total. The fourth-order valence-corrected chi connectivity index (χ4v) is 2.01. The van der Waals surface area contributed by atoms with Gasteiger partial charge in [0.1, 0.15) is 6.33 Å². The van der Waals surface area contributed by atoms with Gasteiger partial charge in [-0.25, -0.2) is 9.97 Å². The Morgan fingerprint density at radius 2 is 2.16 bits per heavy atom. The van der Waals surface area contributed by atoms with Crippen LogP contribution in [0.2, 0.25) is 0 Å². The number of nitrogens with one attached hydrogen (secondary N) is 1. The summed E-state index contributed by atoms with van der Waals surface area (Å²) >= 11 is 0. The monoisotopic (exact) mass is 262 g/mol. The molecule has 2 aromatic heterocycles. The molecule has 2 heterocycles. The highest BCUT2D eigenvalue weighted by Gasteiger charge is 2.07. The van der Waals surface area contributed by atoms with Crippen molar-refractivity contribution in [3.63, 3.8) is 0 Å². The zero-order valence-electron chi connectivity index (χ0n) is 12.1. The molecule has 0 amide bonds. The Bertz CT molecular complexity index is 525. The fourth-order valence-electron chi connectivity index (χ4n) is 2.01. The summed E-state index contributed by atoms with van der Waals surface area (Å²) in [6, 6.07) is 0. The van der Waals surface area contributed by atoms with Crippen LogP contribution in [-0.2, 0) is 20.0 Å². The van der Waals surface area contributed by atoms with Gasteiger partial charge in [0.2, 0.25) is 5.95 Å². The lowest BCUT2D eigenvalue weighted by atomic mass is 10.2. The molecule has 0 radical (unpaired) electrons. The molecule has 19 heavy (non-hydrogen) atoms. The van der Waals surface area contributed by atoms with Crippen LogP contribution in [0.5, 0.6) is 0 Å². The first-order chi connectivity index (χ1) is 9.04. The predicted octanol–water partition coefficient (Wildman–Crippen LogP) is 1.63. The van der Waals surface area contributed by atoms with E-state index in [0.29, 0.717) is 5.92 Å². The molecule has 0 unspecified atom stereocenters. The van der Waals surface area contributed by atoms with Gasteiger partial charge >= 0.3 is 0 Å². The van der Waals surface area contributed by atoms with Gasteiger partial charge in [0.25, 0.3) is 0 Å². The molecule has 0 fully saturated rings. The van der Waals surface area contributed by atoms with Gasteiger partial charge in [-0.05, 0) is 12.8 Å². The highest BCUT2D eigenvalue weighted by atomic mass is 15.3. The van der Waals surface area contributed by atoms with Crippen molar-refractivity contribution in [2.24, 2.45) is 13.0 Å². The van der Waals surface area contributed by atoms with Crippen molar-refractivity contribution in [1.29, 1.82) is 0 Å². The van der Waals surface area contributed by atoms with Crippen molar-refractivity contribution in [3.05, 3.63) is 24.0 Å². The second-order valence-electron chi connectivity index (χ2n) is 5.26. The lowest BCUT2D eigenvalue weighted by molar-refractivity contribution is 0.526. The van der Waals surface area contributed by atoms with Crippen LogP contribution in [0.4, 0.5) is 5.95 Å². The van der Waals surface area contributed by atoms with Crippen LogP contribution < -0.4 is 5.32 Å². The van der Waals surface area contributed by atoms with Gasteiger partial charge in [0.15, 0.2) is 5.82 Å². The first-order valence-corrected chi connectivity index (χ1v) is 6.66. The van der Waals surface area contributed by atoms with Crippen molar-refractivity contribution in [2.75, 3.05) is 11.9 Å². The number of hydrogen-bond donors (Lipinski definition) is 1. The highest BCUT2D eigenvalue weighted by molar-refractivity contribution is 5.28. The predicted molar refractivity (Wildman–Crippen MR) is 75.0 cm³/mol. The van der Waals surface area contributed by atoms with E-state index in [-0.39, 0.29) is 0 Å². The van der Waals surface area contributed by atoms with Gasteiger partial charge in [-0.15, -0.1) is 0 Å². The largest absolute Gasteiger partial charge is 0.355 e. The maximum Gasteiger partial charge on any atom is 0.203 e. The molecule has 6 nitrogen and oxygen atoms in total. The van der Waals surface area contributed by atoms with Gasteiger partial charge in [-0.3, -0.25) is 4.68 Å². The summed E-state index contributed by atoms with van der Waals surface area (Å²) in [7, 11) is 1.88. The lowest BCUT2D eigenvalue weighted by Crippen LogP contribution is -2.13. The number of anilines is 1. The van der Waals surface area contributed by atoms with Crippen LogP contribution in [0.3, 0.4) is 0 Å². The SMILES string of the molecule is Cc1cn(CC(C)C)c(NCCc2ncn(C)n2)n1. The van der Waals surface area contributed by atoms with Crippen molar-refractivity contribution >= 4 is 5.95 Å². The second kappa shape index (κ2) is 5.86. The van der Waals surface area contributed by atoms with E-state index >= 15 is 0 Å². The molecule has 0 aliphatic rings. The third kappa shape index (κ3) is 3.81.